The number of hydrogen-bond acceptors (Lipinski definition) is 4. The number of ether oxygens (including phenoxy) is 1. The molecule has 0 N–H and O–H groups in total. The van der Waals surface area contributed by atoms with Crippen LogP contribution in [0.2, 0.25) is 5.02 Å². The van der Waals surface area contributed by atoms with E-state index >= 15 is 0 Å². The number of rotatable bonds is 7. The maximum absolute atomic E-state index is 13.2. The summed E-state index contributed by atoms with van der Waals surface area (Å²) in [6.45, 7) is 5.70. The summed E-state index contributed by atoms with van der Waals surface area (Å²) in [5.41, 5.74) is -0.675. The minimum absolute atomic E-state index is 0.01000. The first-order valence-electron chi connectivity index (χ1n) is 8.80. The highest BCUT2D eigenvalue weighted by molar-refractivity contribution is 6.33. The lowest BCUT2D eigenvalue weighted by Gasteiger charge is -2.22. The van der Waals surface area contributed by atoms with Gasteiger partial charge in [0.25, 0.3) is 5.91 Å². The third kappa shape index (κ3) is 4.76. The minimum Gasteiger partial charge on any atom is -0.466 e. The van der Waals surface area contributed by atoms with Crippen LogP contribution in [-0.2, 0) is 15.7 Å². The van der Waals surface area contributed by atoms with Crippen LogP contribution in [0.5, 0.6) is 0 Å². The monoisotopic (exact) mass is 419 g/mol. The molecule has 0 bridgehead atoms. The molecule has 2 heterocycles. The molecule has 154 valence electrons. The number of halogens is 4. The van der Waals surface area contributed by atoms with Crippen molar-refractivity contribution in [1.82, 2.24) is 14.3 Å². The van der Waals surface area contributed by atoms with Crippen LogP contribution in [0.15, 0.2) is 12.3 Å². The number of hydrogen-bond donors (Lipinski definition) is 0. The molecule has 10 heteroatoms. The number of nitrogens with zero attached hydrogens (tertiary/aromatic N) is 3. The number of pyridine rings is 1. The molecule has 0 saturated heterocycles. The van der Waals surface area contributed by atoms with Crippen LogP contribution in [0.25, 0.3) is 5.65 Å². The SMILES string of the molecule is CCCN(CCC(=O)OCC)C(=O)c1c(C)nc2c(Cl)cc(C(F)(F)F)cn12. The Morgan fingerprint density at radius 3 is 2.54 bits per heavy atom. The van der Waals surface area contributed by atoms with Crippen LogP contribution in [0, 0.1) is 6.92 Å². The first kappa shape index (κ1) is 22.0. The van der Waals surface area contributed by atoms with Gasteiger partial charge in [0.1, 0.15) is 5.69 Å². The number of carbonyl (C=O) groups is 2. The Bertz CT molecular complexity index is 880. The van der Waals surface area contributed by atoms with Crippen molar-refractivity contribution in [2.45, 2.75) is 39.8 Å². The molecular formula is C18H21ClF3N3O3. The summed E-state index contributed by atoms with van der Waals surface area (Å²) in [5, 5.41) is -0.203. The Morgan fingerprint density at radius 1 is 1.29 bits per heavy atom. The topological polar surface area (TPSA) is 63.9 Å². The van der Waals surface area contributed by atoms with E-state index in [-0.39, 0.29) is 41.6 Å². The summed E-state index contributed by atoms with van der Waals surface area (Å²) in [6, 6.07) is 0.780. The quantitative estimate of drug-likeness (QED) is 0.633. The van der Waals surface area contributed by atoms with Crippen LogP contribution in [-0.4, -0.2) is 45.9 Å². The maximum atomic E-state index is 13.2. The van der Waals surface area contributed by atoms with Gasteiger partial charge in [-0.3, -0.25) is 14.0 Å². The van der Waals surface area contributed by atoms with Crippen molar-refractivity contribution >= 4 is 29.1 Å². The smallest absolute Gasteiger partial charge is 0.417 e. The fraction of sp³-hybridized carbons (Fsp3) is 0.500. The van der Waals surface area contributed by atoms with Gasteiger partial charge in [-0.2, -0.15) is 13.2 Å². The molecule has 2 aromatic rings. The zero-order valence-electron chi connectivity index (χ0n) is 15.8. The second-order valence-electron chi connectivity index (χ2n) is 6.16. The Kier molecular flexibility index (Phi) is 6.92. The lowest BCUT2D eigenvalue weighted by Crippen LogP contribution is -2.35. The molecule has 2 rings (SSSR count). The molecule has 0 fully saturated rings. The first-order valence-corrected chi connectivity index (χ1v) is 9.18. The average Bonchev–Trinajstić information content (AvgIpc) is 2.94. The first-order chi connectivity index (χ1) is 13.1. The Labute approximate surface area is 165 Å². The standard InChI is InChI=1S/C18H21ClF3N3O3/c1-4-7-24(8-6-14(26)28-5-2)17(27)15-11(3)23-16-13(19)9-12(10-25(15)16)18(20,21)22/h9-10H,4-8H2,1-3H3. The van der Waals surface area contributed by atoms with Crippen molar-refractivity contribution in [2.75, 3.05) is 19.7 Å². The predicted octanol–water partition coefficient (Wildman–Crippen LogP) is 4.12. The molecule has 28 heavy (non-hydrogen) atoms. The zero-order chi connectivity index (χ0) is 21.1. The lowest BCUT2D eigenvalue weighted by atomic mass is 10.2. The normalized spacial score (nSPS) is 11.7. The number of alkyl halides is 3. The molecular weight excluding hydrogens is 399 g/mol. The van der Waals surface area contributed by atoms with Crippen LogP contribution in [0.3, 0.4) is 0 Å². The average molecular weight is 420 g/mol. The van der Waals surface area contributed by atoms with E-state index in [0.29, 0.717) is 13.0 Å². The molecule has 0 aliphatic carbocycles. The van der Waals surface area contributed by atoms with Gasteiger partial charge < -0.3 is 9.64 Å². The van der Waals surface area contributed by atoms with E-state index in [4.69, 9.17) is 16.3 Å². The predicted molar refractivity (Wildman–Crippen MR) is 97.4 cm³/mol. The molecule has 0 aromatic carbocycles. The molecule has 0 aliphatic rings. The highest BCUT2D eigenvalue weighted by Crippen LogP contribution is 2.33. The molecule has 1 amide bonds. The van der Waals surface area contributed by atoms with Gasteiger partial charge in [-0.15, -0.1) is 0 Å². The Hall–Kier alpha value is -2.29. The molecule has 0 aliphatic heterocycles. The minimum atomic E-state index is -4.62. The zero-order valence-corrected chi connectivity index (χ0v) is 16.5. The number of fused-ring (bicyclic) bond motifs is 1. The van der Waals surface area contributed by atoms with Gasteiger partial charge in [0.15, 0.2) is 5.65 Å². The summed E-state index contributed by atoms with van der Waals surface area (Å²) >= 11 is 5.97. The summed E-state index contributed by atoms with van der Waals surface area (Å²) < 4.78 is 45.4. The van der Waals surface area contributed by atoms with E-state index in [1.807, 2.05) is 6.92 Å². The second-order valence-corrected chi connectivity index (χ2v) is 6.57. The van der Waals surface area contributed by atoms with E-state index in [9.17, 15) is 22.8 Å². The van der Waals surface area contributed by atoms with Gasteiger partial charge in [0, 0.05) is 19.3 Å². The van der Waals surface area contributed by atoms with E-state index in [1.165, 1.54) is 11.8 Å². The Balaban J connectivity index is 2.45. The van der Waals surface area contributed by atoms with Gasteiger partial charge in [-0.25, -0.2) is 4.98 Å². The van der Waals surface area contributed by atoms with Gasteiger partial charge in [0.05, 0.1) is 29.3 Å². The third-order valence-electron chi connectivity index (χ3n) is 4.05. The number of amides is 1. The van der Waals surface area contributed by atoms with E-state index in [0.717, 1.165) is 16.7 Å². The van der Waals surface area contributed by atoms with Gasteiger partial charge in [-0.05, 0) is 26.3 Å². The molecule has 0 saturated carbocycles. The molecule has 0 atom stereocenters. The highest BCUT2D eigenvalue weighted by Gasteiger charge is 2.33. The third-order valence-corrected chi connectivity index (χ3v) is 4.33. The highest BCUT2D eigenvalue weighted by atomic mass is 35.5. The van der Waals surface area contributed by atoms with E-state index in [2.05, 4.69) is 4.98 Å². The lowest BCUT2D eigenvalue weighted by molar-refractivity contribution is -0.143. The van der Waals surface area contributed by atoms with Crippen LogP contribution >= 0.6 is 11.6 Å². The summed E-state index contributed by atoms with van der Waals surface area (Å²) in [4.78, 5) is 30.2. The number of esters is 1. The van der Waals surface area contributed by atoms with E-state index < -0.39 is 23.6 Å². The molecule has 2 aromatic heterocycles. The maximum Gasteiger partial charge on any atom is 0.417 e. The van der Waals surface area contributed by atoms with Crippen LogP contribution in [0.4, 0.5) is 13.2 Å². The largest absolute Gasteiger partial charge is 0.466 e. The molecule has 0 unspecified atom stereocenters. The molecule has 0 spiro atoms. The summed E-state index contributed by atoms with van der Waals surface area (Å²) in [7, 11) is 0. The number of aromatic nitrogens is 2. The van der Waals surface area contributed by atoms with Crippen LogP contribution < -0.4 is 0 Å². The summed E-state index contributed by atoms with van der Waals surface area (Å²) in [6.07, 6.45) is -3.21. The number of imidazole rings is 1. The molecule has 6 nitrogen and oxygen atoms in total. The van der Waals surface area contributed by atoms with Crippen molar-refractivity contribution in [3.63, 3.8) is 0 Å². The van der Waals surface area contributed by atoms with Crippen molar-refractivity contribution in [3.8, 4) is 0 Å². The van der Waals surface area contributed by atoms with Crippen molar-refractivity contribution in [1.29, 1.82) is 0 Å². The second kappa shape index (κ2) is 8.81. The van der Waals surface area contributed by atoms with E-state index in [1.54, 1.807) is 6.92 Å². The van der Waals surface area contributed by atoms with Crippen molar-refractivity contribution < 1.29 is 27.5 Å². The van der Waals surface area contributed by atoms with Crippen molar-refractivity contribution in [3.05, 3.63) is 34.2 Å². The summed E-state index contributed by atoms with van der Waals surface area (Å²) in [5.74, 6) is -0.972. The fourth-order valence-electron chi connectivity index (χ4n) is 2.82. The van der Waals surface area contributed by atoms with Crippen molar-refractivity contribution in [2.24, 2.45) is 0 Å². The van der Waals surface area contributed by atoms with Crippen LogP contribution in [0.1, 0.15) is 48.4 Å². The number of carbonyl (C=O) groups excluding carboxylic acids is 2. The van der Waals surface area contributed by atoms with Gasteiger partial charge in [0.2, 0.25) is 0 Å². The Morgan fingerprint density at radius 2 is 1.96 bits per heavy atom. The molecule has 0 radical (unpaired) electrons. The van der Waals surface area contributed by atoms with Gasteiger partial charge >= 0.3 is 12.1 Å². The fourth-order valence-corrected chi connectivity index (χ4v) is 3.08. The van der Waals surface area contributed by atoms with Gasteiger partial charge in [-0.1, -0.05) is 18.5 Å². The number of aryl methyl sites for hydroxylation is 1.